The molecule has 26 heavy (non-hydrogen) atoms. The Labute approximate surface area is 153 Å². The molecule has 0 bridgehead atoms. The van der Waals surface area contributed by atoms with Crippen molar-refractivity contribution >= 4 is 26.6 Å². The first kappa shape index (κ1) is 18.3. The number of fused-ring (bicyclic) bond motifs is 1. The fourth-order valence-corrected chi connectivity index (χ4v) is 4.52. The highest BCUT2D eigenvalue weighted by atomic mass is 32.2. The number of aryl methyl sites for hydroxylation is 1. The molecule has 3 aromatic rings. The van der Waals surface area contributed by atoms with E-state index in [9.17, 15) is 13.2 Å². The highest BCUT2D eigenvalue weighted by molar-refractivity contribution is 7.89. The van der Waals surface area contributed by atoms with Crippen molar-refractivity contribution in [3.8, 4) is 0 Å². The Balaban J connectivity index is 1.97. The number of sulfonamides is 1. The Bertz CT molecular complexity index is 1040. The Morgan fingerprint density at radius 2 is 1.58 bits per heavy atom. The lowest BCUT2D eigenvalue weighted by molar-refractivity contribution is -0.118. The van der Waals surface area contributed by atoms with E-state index in [2.05, 4.69) is 4.72 Å². The summed E-state index contributed by atoms with van der Waals surface area (Å²) in [6.07, 6.45) is 0.319. The van der Waals surface area contributed by atoms with Crippen LogP contribution in [0.25, 0.3) is 10.8 Å². The minimum Gasteiger partial charge on any atom is -0.298 e. The van der Waals surface area contributed by atoms with Gasteiger partial charge in [0.2, 0.25) is 10.0 Å². The molecule has 0 radical (unpaired) electrons. The van der Waals surface area contributed by atoms with Crippen LogP contribution in [0.1, 0.15) is 18.1 Å². The second-order valence-corrected chi connectivity index (χ2v) is 8.08. The van der Waals surface area contributed by atoms with Crippen molar-refractivity contribution in [2.24, 2.45) is 0 Å². The maximum Gasteiger partial charge on any atom is 0.241 e. The summed E-state index contributed by atoms with van der Waals surface area (Å²) in [5.41, 5.74) is 1.91. The van der Waals surface area contributed by atoms with Gasteiger partial charge >= 0.3 is 0 Å². The third kappa shape index (κ3) is 3.84. The van der Waals surface area contributed by atoms with Gasteiger partial charge in [0.1, 0.15) is 5.78 Å². The fraction of sp³-hybridized carbons (Fsp3) is 0.190. The number of rotatable bonds is 6. The topological polar surface area (TPSA) is 63.2 Å². The summed E-state index contributed by atoms with van der Waals surface area (Å²) in [6.45, 7) is 3.35. The van der Waals surface area contributed by atoms with E-state index in [4.69, 9.17) is 0 Å². The molecule has 0 aliphatic heterocycles. The van der Waals surface area contributed by atoms with Gasteiger partial charge in [0.15, 0.2) is 0 Å². The van der Waals surface area contributed by atoms with Gasteiger partial charge in [0.05, 0.1) is 10.9 Å². The van der Waals surface area contributed by atoms with Gasteiger partial charge in [0.25, 0.3) is 0 Å². The van der Waals surface area contributed by atoms with E-state index in [1.54, 1.807) is 18.2 Å². The van der Waals surface area contributed by atoms with E-state index >= 15 is 0 Å². The Morgan fingerprint density at radius 1 is 0.923 bits per heavy atom. The zero-order chi connectivity index (χ0) is 18.7. The fourth-order valence-electron chi connectivity index (χ4n) is 3.04. The summed E-state index contributed by atoms with van der Waals surface area (Å²) in [4.78, 5) is 12.2. The average molecular weight is 367 g/mol. The molecule has 1 N–H and O–H groups in total. The van der Waals surface area contributed by atoms with E-state index in [0.29, 0.717) is 11.8 Å². The van der Waals surface area contributed by atoms with Crippen molar-refractivity contribution in [2.75, 3.05) is 0 Å². The molecule has 0 saturated heterocycles. The number of Topliss-reactive ketones (excluding diaryl/α,β-unsaturated/α-hetero) is 1. The first-order valence-corrected chi connectivity index (χ1v) is 9.92. The highest BCUT2D eigenvalue weighted by Gasteiger charge is 2.25. The molecule has 0 aliphatic rings. The predicted molar refractivity (Wildman–Crippen MR) is 104 cm³/mol. The van der Waals surface area contributed by atoms with Crippen LogP contribution in [0.3, 0.4) is 0 Å². The van der Waals surface area contributed by atoms with E-state index in [-0.39, 0.29) is 10.7 Å². The molecule has 3 aromatic carbocycles. The zero-order valence-electron chi connectivity index (χ0n) is 14.8. The van der Waals surface area contributed by atoms with Crippen LogP contribution in [0.15, 0.2) is 71.6 Å². The zero-order valence-corrected chi connectivity index (χ0v) is 15.6. The number of carbonyl (C=O) groups is 1. The first-order valence-electron chi connectivity index (χ1n) is 8.43. The van der Waals surface area contributed by atoms with Crippen LogP contribution in [-0.4, -0.2) is 20.2 Å². The molecule has 0 aliphatic carbocycles. The maximum atomic E-state index is 13.0. The molecule has 0 saturated carbocycles. The summed E-state index contributed by atoms with van der Waals surface area (Å²) in [5, 5.41) is 1.54. The van der Waals surface area contributed by atoms with Crippen molar-refractivity contribution in [1.29, 1.82) is 0 Å². The smallest absolute Gasteiger partial charge is 0.241 e. The number of carbonyl (C=O) groups excluding carboxylic acids is 1. The van der Waals surface area contributed by atoms with Gasteiger partial charge in [-0.05, 0) is 42.8 Å². The van der Waals surface area contributed by atoms with Crippen molar-refractivity contribution in [1.82, 2.24) is 4.72 Å². The summed E-state index contributed by atoms with van der Waals surface area (Å²) in [7, 11) is -3.84. The molecule has 1 atom stereocenters. The molecule has 134 valence electrons. The maximum absolute atomic E-state index is 13.0. The molecule has 0 amide bonds. The number of hydrogen-bond acceptors (Lipinski definition) is 3. The average Bonchev–Trinajstić information content (AvgIpc) is 2.62. The number of benzene rings is 3. The van der Waals surface area contributed by atoms with Crippen molar-refractivity contribution < 1.29 is 13.2 Å². The van der Waals surface area contributed by atoms with Gasteiger partial charge < -0.3 is 0 Å². The second-order valence-electron chi connectivity index (χ2n) is 6.40. The Kier molecular flexibility index (Phi) is 5.20. The van der Waals surface area contributed by atoms with Crippen LogP contribution in [0, 0.1) is 6.92 Å². The van der Waals surface area contributed by atoms with Crippen molar-refractivity contribution in [3.63, 3.8) is 0 Å². The molecule has 0 spiro atoms. The molecule has 0 heterocycles. The van der Waals surface area contributed by atoms with Crippen LogP contribution in [0.4, 0.5) is 0 Å². The number of hydrogen-bond donors (Lipinski definition) is 1. The van der Waals surface area contributed by atoms with Crippen LogP contribution >= 0.6 is 0 Å². The van der Waals surface area contributed by atoms with Crippen LogP contribution < -0.4 is 4.72 Å². The molecule has 0 fully saturated rings. The van der Waals surface area contributed by atoms with E-state index < -0.39 is 16.1 Å². The van der Waals surface area contributed by atoms with E-state index in [1.807, 2.05) is 55.5 Å². The monoisotopic (exact) mass is 367 g/mol. The minimum atomic E-state index is -3.84. The third-order valence-corrected chi connectivity index (χ3v) is 5.99. The lowest BCUT2D eigenvalue weighted by Crippen LogP contribution is -2.41. The quantitative estimate of drug-likeness (QED) is 0.724. The van der Waals surface area contributed by atoms with Crippen LogP contribution in [0.2, 0.25) is 0 Å². The van der Waals surface area contributed by atoms with Crippen molar-refractivity contribution in [3.05, 3.63) is 77.9 Å². The normalized spacial score (nSPS) is 12.8. The largest absolute Gasteiger partial charge is 0.298 e. The van der Waals surface area contributed by atoms with Gasteiger partial charge in [-0.1, -0.05) is 60.7 Å². The molecule has 1 unspecified atom stereocenters. The predicted octanol–water partition coefficient (Wildman–Crippen LogP) is 3.63. The van der Waals surface area contributed by atoms with Gasteiger partial charge in [0, 0.05) is 5.39 Å². The molecule has 5 heteroatoms. The molecular weight excluding hydrogens is 346 g/mol. The molecular formula is C21H21NO3S. The Hall–Kier alpha value is -2.50. The highest BCUT2D eigenvalue weighted by Crippen LogP contribution is 2.25. The summed E-state index contributed by atoms with van der Waals surface area (Å²) in [5.74, 6) is -0.214. The van der Waals surface area contributed by atoms with Crippen LogP contribution in [-0.2, 0) is 21.2 Å². The molecule has 0 aromatic heterocycles. The molecule has 4 nitrogen and oxygen atoms in total. The van der Waals surface area contributed by atoms with Gasteiger partial charge in [-0.25, -0.2) is 13.1 Å². The summed E-state index contributed by atoms with van der Waals surface area (Å²) >= 11 is 0. The minimum absolute atomic E-state index is 0.193. The van der Waals surface area contributed by atoms with E-state index in [1.165, 1.54) is 6.92 Å². The second kappa shape index (κ2) is 7.40. The van der Waals surface area contributed by atoms with Gasteiger partial charge in [-0.2, -0.15) is 0 Å². The lowest BCUT2D eigenvalue weighted by atomic mass is 10.0. The third-order valence-electron chi connectivity index (χ3n) is 4.46. The van der Waals surface area contributed by atoms with Crippen molar-refractivity contribution in [2.45, 2.75) is 31.2 Å². The Morgan fingerprint density at radius 3 is 2.27 bits per heavy atom. The number of nitrogens with one attached hydrogen (secondary N) is 1. The number of ketones is 1. The lowest BCUT2D eigenvalue weighted by Gasteiger charge is -2.17. The first-order chi connectivity index (χ1) is 12.4. The van der Waals surface area contributed by atoms with Crippen LogP contribution in [0.5, 0.6) is 0 Å². The summed E-state index contributed by atoms with van der Waals surface area (Å²) < 4.78 is 28.6. The van der Waals surface area contributed by atoms with E-state index in [0.717, 1.165) is 16.5 Å². The molecule has 3 rings (SSSR count). The standard InChI is InChI=1S/C21H21NO3S/c1-15-8-6-12-19-18(15)11-7-13-21(19)26(24,25)22-20(16(2)23)14-17-9-4-3-5-10-17/h3-13,20,22H,14H2,1-2H3. The van der Waals surface area contributed by atoms with Gasteiger partial charge in [-0.15, -0.1) is 0 Å². The SMILES string of the molecule is CC(=O)C(Cc1ccccc1)NS(=O)(=O)c1cccc2c(C)cccc12. The van der Waals surface area contributed by atoms with Gasteiger partial charge in [-0.3, -0.25) is 4.79 Å². The summed E-state index contributed by atoms with van der Waals surface area (Å²) in [6, 6.07) is 19.3.